The molecule has 0 aromatic rings. The summed E-state index contributed by atoms with van der Waals surface area (Å²) in [5, 5.41) is 10.7. The summed E-state index contributed by atoms with van der Waals surface area (Å²) in [5.41, 5.74) is 0. The smallest absolute Gasteiger partial charge is 0.462 e. The maximum Gasteiger partial charge on any atom is 0.472 e. The van der Waals surface area contributed by atoms with Gasteiger partial charge in [-0.1, -0.05) is 471 Å². The molecule has 2 unspecified atom stereocenters. The summed E-state index contributed by atoms with van der Waals surface area (Å²) in [5.74, 6) is -2.09. The van der Waals surface area contributed by atoms with E-state index in [-0.39, 0.29) is 25.7 Å². The van der Waals surface area contributed by atoms with E-state index in [1.807, 2.05) is 0 Å². The van der Waals surface area contributed by atoms with Crippen molar-refractivity contribution in [2.45, 2.75) is 540 Å². The number of carbonyl (C=O) groups excluding carboxylic acids is 4. The van der Waals surface area contributed by atoms with E-state index in [0.29, 0.717) is 25.7 Å². The molecule has 19 heteroatoms. The molecular weight excluding hydrogens is 1460 g/mol. The van der Waals surface area contributed by atoms with E-state index in [0.717, 1.165) is 89.9 Å². The standard InChI is InChI=1S/C94H184O17P2/c1-5-9-13-17-21-25-29-33-36-39-42-44-46-49-51-55-59-63-67-71-75-79-92(97)105-85-90(111-94(99)81-77-73-69-65-61-57-53-50-47-45-43-40-37-34-30-26-22-18-14-10-6-2)87-109-113(102,103)107-83-88(95)82-106-112(100,101)108-86-89(84-104-91(96)78-74-70-66-62-58-54-32-28-24-20-16-12-8-4)110-93(98)80-76-72-68-64-60-56-52-48-41-38-35-31-27-23-19-15-11-7-3/h88-90,95H,5-87H2,1-4H3,(H,100,101)(H,102,103)/t88-,89+,90+/m0/s1. The summed E-state index contributed by atoms with van der Waals surface area (Å²) in [7, 11) is -9.94. The number of aliphatic hydroxyl groups is 1. The SMILES string of the molecule is CCCCCCCCCCCCCCCCCCCCCCCC(=O)OC[C@H](COP(=O)(O)OC[C@@H](O)COP(=O)(O)OC[C@@H](COC(=O)CCCCCCCCCCCCCCC)OC(=O)CCCCCCCCCCCCCCCCCCCC)OC(=O)CCCCCCCCCCCCCCCCCCCCCCC. The molecule has 0 aromatic carbocycles. The van der Waals surface area contributed by atoms with Crippen LogP contribution in [0.2, 0.25) is 0 Å². The van der Waals surface area contributed by atoms with Crippen molar-refractivity contribution in [1.29, 1.82) is 0 Å². The minimum atomic E-state index is -4.97. The number of carbonyl (C=O) groups is 4. The van der Waals surface area contributed by atoms with Gasteiger partial charge >= 0.3 is 39.5 Å². The summed E-state index contributed by atoms with van der Waals surface area (Å²) >= 11 is 0. The van der Waals surface area contributed by atoms with Crippen LogP contribution in [0.1, 0.15) is 522 Å². The zero-order chi connectivity index (χ0) is 82.4. The van der Waals surface area contributed by atoms with Crippen molar-refractivity contribution in [2.75, 3.05) is 39.6 Å². The first-order chi connectivity index (χ1) is 55.2. The molecule has 0 aromatic heterocycles. The Kier molecular flexibility index (Phi) is 86.4. The number of hydrogen-bond donors (Lipinski definition) is 3. The van der Waals surface area contributed by atoms with Crippen LogP contribution in [0.4, 0.5) is 0 Å². The van der Waals surface area contributed by atoms with Gasteiger partial charge in [0.05, 0.1) is 26.4 Å². The second-order valence-corrected chi connectivity index (χ2v) is 36.7. The van der Waals surface area contributed by atoms with Crippen molar-refractivity contribution in [3.63, 3.8) is 0 Å². The van der Waals surface area contributed by atoms with E-state index in [1.165, 1.54) is 353 Å². The molecule has 0 aliphatic heterocycles. The summed E-state index contributed by atoms with van der Waals surface area (Å²) in [6.07, 6.45) is 86.2. The van der Waals surface area contributed by atoms with Gasteiger partial charge in [-0.3, -0.25) is 37.3 Å². The van der Waals surface area contributed by atoms with Crippen molar-refractivity contribution in [2.24, 2.45) is 0 Å². The minimum absolute atomic E-state index is 0.110. The van der Waals surface area contributed by atoms with E-state index < -0.39 is 97.5 Å². The average molecular weight is 1650 g/mol. The van der Waals surface area contributed by atoms with Crippen LogP contribution in [0.5, 0.6) is 0 Å². The largest absolute Gasteiger partial charge is 0.472 e. The Morgan fingerprint density at radius 3 is 0.522 bits per heavy atom. The summed E-state index contributed by atoms with van der Waals surface area (Å²) < 4.78 is 69.2. The first-order valence-corrected chi connectivity index (χ1v) is 51.8. The molecule has 0 aliphatic rings. The third kappa shape index (κ3) is 87.7. The number of esters is 4. The van der Waals surface area contributed by atoms with Gasteiger partial charge in [-0.2, -0.15) is 0 Å². The summed E-state index contributed by atoms with van der Waals surface area (Å²) in [4.78, 5) is 73.5. The number of phosphoric ester groups is 2. The van der Waals surface area contributed by atoms with Gasteiger partial charge in [0.15, 0.2) is 12.2 Å². The molecule has 0 saturated carbocycles. The average Bonchev–Trinajstić information content (AvgIpc) is 0.908. The molecule has 0 rings (SSSR count). The Balaban J connectivity index is 5.25. The van der Waals surface area contributed by atoms with Crippen LogP contribution in [0.25, 0.3) is 0 Å². The molecule has 0 aliphatic carbocycles. The molecule has 17 nitrogen and oxygen atoms in total. The highest BCUT2D eigenvalue weighted by Crippen LogP contribution is 2.45. The van der Waals surface area contributed by atoms with Crippen LogP contribution < -0.4 is 0 Å². The molecule has 0 saturated heterocycles. The van der Waals surface area contributed by atoms with E-state index in [4.69, 9.17) is 37.0 Å². The predicted octanol–water partition coefficient (Wildman–Crippen LogP) is 29.6. The van der Waals surface area contributed by atoms with E-state index in [9.17, 15) is 43.2 Å². The maximum atomic E-state index is 13.2. The van der Waals surface area contributed by atoms with Crippen molar-refractivity contribution >= 4 is 39.5 Å². The van der Waals surface area contributed by atoms with Gasteiger partial charge in [-0.25, -0.2) is 9.13 Å². The van der Waals surface area contributed by atoms with Gasteiger partial charge in [0, 0.05) is 25.7 Å². The van der Waals surface area contributed by atoms with E-state index >= 15 is 0 Å². The number of hydrogen-bond acceptors (Lipinski definition) is 15. The Labute approximate surface area is 696 Å². The summed E-state index contributed by atoms with van der Waals surface area (Å²) in [6.45, 7) is 5.11. The normalized spacial score (nSPS) is 13.6. The lowest BCUT2D eigenvalue weighted by Gasteiger charge is -2.21. The molecule has 3 N–H and O–H groups in total. The number of ether oxygens (including phenoxy) is 4. The van der Waals surface area contributed by atoms with Crippen molar-refractivity contribution in [1.82, 2.24) is 0 Å². The van der Waals surface area contributed by atoms with Crippen LogP contribution in [0, 0.1) is 0 Å². The van der Waals surface area contributed by atoms with E-state index in [2.05, 4.69) is 27.7 Å². The summed E-state index contributed by atoms with van der Waals surface area (Å²) in [6, 6.07) is 0. The number of aliphatic hydroxyl groups excluding tert-OH is 1. The Morgan fingerprint density at radius 1 is 0.212 bits per heavy atom. The second kappa shape index (κ2) is 87.9. The van der Waals surface area contributed by atoms with Gasteiger partial charge in [-0.15, -0.1) is 0 Å². The molecule has 5 atom stereocenters. The number of phosphoric acid groups is 2. The molecule has 113 heavy (non-hydrogen) atoms. The second-order valence-electron chi connectivity index (χ2n) is 33.8. The van der Waals surface area contributed by atoms with Crippen molar-refractivity contribution in [3.8, 4) is 0 Å². The minimum Gasteiger partial charge on any atom is -0.462 e. The van der Waals surface area contributed by atoms with Crippen molar-refractivity contribution in [3.05, 3.63) is 0 Å². The van der Waals surface area contributed by atoms with Crippen LogP contribution >= 0.6 is 15.6 Å². The third-order valence-electron chi connectivity index (χ3n) is 22.4. The lowest BCUT2D eigenvalue weighted by Crippen LogP contribution is -2.30. The molecular formula is C94H184O17P2. The molecule has 0 bridgehead atoms. The van der Waals surface area contributed by atoms with Gasteiger partial charge in [0.2, 0.25) is 0 Å². The topological polar surface area (TPSA) is 237 Å². The van der Waals surface area contributed by atoms with Crippen LogP contribution in [0.15, 0.2) is 0 Å². The third-order valence-corrected chi connectivity index (χ3v) is 24.3. The molecule has 0 amide bonds. The van der Waals surface area contributed by atoms with Gasteiger partial charge < -0.3 is 33.8 Å². The molecule has 0 fully saturated rings. The predicted molar refractivity (Wildman–Crippen MR) is 469 cm³/mol. The first kappa shape index (κ1) is 111. The Hall–Kier alpha value is -1.94. The number of unbranched alkanes of at least 4 members (excludes halogenated alkanes) is 69. The molecule has 0 spiro atoms. The number of rotatable bonds is 95. The van der Waals surface area contributed by atoms with Gasteiger partial charge in [-0.05, 0) is 25.7 Å². The van der Waals surface area contributed by atoms with Gasteiger partial charge in [0.1, 0.15) is 19.3 Å². The van der Waals surface area contributed by atoms with E-state index in [1.54, 1.807) is 0 Å². The molecule has 0 radical (unpaired) electrons. The quantitative estimate of drug-likeness (QED) is 0.0222. The maximum absolute atomic E-state index is 13.2. The zero-order valence-corrected chi connectivity index (χ0v) is 76.2. The van der Waals surface area contributed by atoms with Crippen molar-refractivity contribution < 1.29 is 80.2 Å². The van der Waals surface area contributed by atoms with Crippen LogP contribution in [-0.2, 0) is 65.4 Å². The fourth-order valence-electron chi connectivity index (χ4n) is 14.9. The van der Waals surface area contributed by atoms with Crippen LogP contribution in [-0.4, -0.2) is 96.7 Å². The first-order valence-electron chi connectivity index (χ1n) is 48.8. The fourth-order valence-corrected chi connectivity index (χ4v) is 16.5. The Bertz CT molecular complexity index is 2120. The van der Waals surface area contributed by atoms with Crippen LogP contribution in [0.3, 0.4) is 0 Å². The lowest BCUT2D eigenvalue weighted by molar-refractivity contribution is -0.161. The molecule has 672 valence electrons. The fraction of sp³-hybridized carbons (Fsp3) is 0.957. The highest BCUT2D eigenvalue weighted by molar-refractivity contribution is 7.47. The lowest BCUT2D eigenvalue weighted by atomic mass is 10.0. The highest BCUT2D eigenvalue weighted by Gasteiger charge is 2.31. The Morgan fingerprint density at radius 2 is 0.354 bits per heavy atom. The highest BCUT2D eigenvalue weighted by atomic mass is 31.2. The zero-order valence-electron chi connectivity index (χ0n) is 74.4. The molecule has 0 heterocycles. The monoisotopic (exact) mass is 1650 g/mol. The van der Waals surface area contributed by atoms with Gasteiger partial charge in [0.25, 0.3) is 0 Å².